The van der Waals surface area contributed by atoms with Crippen molar-refractivity contribution in [2.75, 3.05) is 24.6 Å². The summed E-state index contributed by atoms with van der Waals surface area (Å²) in [4.78, 5) is 15.6. The Hall–Kier alpha value is -2.54. The second kappa shape index (κ2) is 7.23. The highest BCUT2D eigenvalue weighted by molar-refractivity contribution is 6.14. The molecular formula is C20H23FN4O2. The Morgan fingerprint density at radius 1 is 1.26 bits per heavy atom. The molecule has 0 radical (unpaired) electrons. The molecule has 1 atom stereocenters. The fourth-order valence-electron chi connectivity index (χ4n) is 3.43. The van der Waals surface area contributed by atoms with Crippen LogP contribution >= 0.6 is 0 Å². The van der Waals surface area contributed by atoms with Crippen LogP contribution in [0.25, 0.3) is 0 Å². The molecule has 0 aliphatic carbocycles. The average molecular weight is 370 g/mol. The van der Waals surface area contributed by atoms with Crippen LogP contribution in [0.15, 0.2) is 29.5 Å². The summed E-state index contributed by atoms with van der Waals surface area (Å²) in [5, 5.41) is 0. The highest BCUT2D eigenvalue weighted by Crippen LogP contribution is 2.30. The van der Waals surface area contributed by atoms with Gasteiger partial charge < -0.3 is 14.4 Å². The molecule has 0 bridgehead atoms. The van der Waals surface area contributed by atoms with Crippen molar-refractivity contribution in [1.29, 1.82) is 0 Å². The molecule has 2 aliphatic rings. The van der Waals surface area contributed by atoms with Crippen LogP contribution in [0.2, 0.25) is 0 Å². The van der Waals surface area contributed by atoms with Crippen molar-refractivity contribution >= 4 is 11.5 Å². The maximum Gasteiger partial charge on any atom is 0.165 e. The molecule has 2 aliphatic heterocycles. The average Bonchev–Trinajstić information content (AvgIpc) is 3.04. The number of anilines is 1. The van der Waals surface area contributed by atoms with Crippen LogP contribution in [0.4, 0.5) is 10.2 Å². The zero-order valence-corrected chi connectivity index (χ0v) is 15.8. The van der Waals surface area contributed by atoms with E-state index in [9.17, 15) is 4.39 Å². The molecule has 27 heavy (non-hydrogen) atoms. The van der Waals surface area contributed by atoms with E-state index >= 15 is 0 Å². The van der Waals surface area contributed by atoms with E-state index in [0.29, 0.717) is 13.2 Å². The van der Waals surface area contributed by atoms with E-state index in [1.165, 1.54) is 6.07 Å². The van der Waals surface area contributed by atoms with Crippen molar-refractivity contribution in [3.8, 4) is 5.75 Å². The van der Waals surface area contributed by atoms with Crippen LogP contribution in [-0.2, 0) is 11.3 Å². The number of fused-ring (bicyclic) bond motifs is 1. The normalized spacial score (nSPS) is 19.2. The number of benzene rings is 1. The lowest BCUT2D eigenvalue weighted by molar-refractivity contribution is 0.0529. The van der Waals surface area contributed by atoms with Crippen molar-refractivity contribution in [1.82, 2.24) is 9.97 Å². The van der Waals surface area contributed by atoms with Crippen LogP contribution in [0.5, 0.6) is 5.75 Å². The van der Waals surface area contributed by atoms with Gasteiger partial charge in [-0.2, -0.15) is 0 Å². The van der Waals surface area contributed by atoms with Gasteiger partial charge in [-0.25, -0.2) is 14.4 Å². The van der Waals surface area contributed by atoms with Crippen LogP contribution in [0, 0.1) is 5.82 Å². The third kappa shape index (κ3) is 3.64. The summed E-state index contributed by atoms with van der Waals surface area (Å²) in [5.74, 6) is 0.742. The lowest BCUT2D eigenvalue weighted by Crippen LogP contribution is -2.41. The van der Waals surface area contributed by atoms with E-state index in [1.54, 1.807) is 12.4 Å². The topological polar surface area (TPSA) is 59.8 Å². The van der Waals surface area contributed by atoms with Gasteiger partial charge in [0.05, 0.1) is 36.8 Å². The second-order valence-corrected chi connectivity index (χ2v) is 7.16. The van der Waals surface area contributed by atoms with Gasteiger partial charge in [-0.05, 0) is 38.5 Å². The van der Waals surface area contributed by atoms with Gasteiger partial charge in [-0.1, -0.05) is 0 Å². The maximum absolute atomic E-state index is 14.3. The molecule has 3 heterocycles. The van der Waals surface area contributed by atoms with E-state index in [-0.39, 0.29) is 23.8 Å². The van der Waals surface area contributed by atoms with E-state index in [1.807, 2.05) is 19.9 Å². The van der Waals surface area contributed by atoms with Gasteiger partial charge in [0, 0.05) is 24.7 Å². The summed E-state index contributed by atoms with van der Waals surface area (Å²) in [5.41, 5.74) is 3.20. The summed E-state index contributed by atoms with van der Waals surface area (Å²) in [6, 6.07) is 5.18. The largest absolute Gasteiger partial charge is 0.488 e. The third-order valence-corrected chi connectivity index (χ3v) is 4.64. The summed E-state index contributed by atoms with van der Waals surface area (Å²) >= 11 is 0. The van der Waals surface area contributed by atoms with E-state index in [4.69, 9.17) is 9.47 Å². The minimum Gasteiger partial charge on any atom is -0.488 e. The summed E-state index contributed by atoms with van der Waals surface area (Å²) in [7, 11) is 0. The Labute approximate surface area is 158 Å². The highest BCUT2D eigenvalue weighted by atomic mass is 19.1. The lowest BCUT2D eigenvalue weighted by Gasteiger charge is -2.32. The van der Waals surface area contributed by atoms with Crippen molar-refractivity contribution in [2.24, 2.45) is 4.99 Å². The number of nitrogens with zero attached hydrogens (tertiary/aromatic N) is 4. The molecule has 1 fully saturated rings. The summed E-state index contributed by atoms with van der Waals surface area (Å²) in [6.45, 7) is 8.51. The SMILES string of the molecule is CC(C)Oc1cc2c(cc1F)CN=C2c1cc(N2CCO[C@H](C)C2)ncn1. The van der Waals surface area contributed by atoms with Crippen LogP contribution < -0.4 is 9.64 Å². The number of ether oxygens (including phenoxy) is 2. The monoisotopic (exact) mass is 370 g/mol. The zero-order chi connectivity index (χ0) is 19.0. The van der Waals surface area contributed by atoms with Crippen molar-refractivity contribution in [3.63, 3.8) is 0 Å². The van der Waals surface area contributed by atoms with Crippen molar-refractivity contribution in [3.05, 3.63) is 47.2 Å². The molecule has 7 heteroatoms. The van der Waals surface area contributed by atoms with E-state index in [2.05, 4.69) is 26.8 Å². The summed E-state index contributed by atoms with van der Waals surface area (Å²) in [6.07, 6.45) is 1.62. The Morgan fingerprint density at radius 3 is 2.89 bits per heavy atom. The minimum absolute atomic E-state index is 0.103. The number of rotatable bonds is 4. The first kappa shape index (κ1) is 17.9. The van der Waals surface area contributed by atoms with Gasteiger partial charge in [0.1, 0.15) is 12.1 Å². The smallest absolute Gasteiger partial charge is 0.165 e. The molecule has 0 unspecified atom stereocenters. The fourth-order valence-corrected chi connectivity index (χ4v) is 3.43. The fraction of sp³-hybridized carbons (Fsp3) is 0.450. The molecule has 4 rings (SSSR count). The van der Waals surface area contributed by atoms with E-state index in [0.717, 1.165) is 41.4 Å². The van der Waals surface area contributed by atoms with Crippen LogP contribution in [0.3, 0.4) is 0 Å². The molecule has 1 aromatic carbocycles. The molecule has 1 saturated heterocycles. The van der Waals surface area contributed by atoms with Gasteiger partial charge in [-0.15, -0.1) is 0 Å². The van der Waals surface area contributed by atoms with Gasteiger partial charge in [-0.3, -0.25) is 4.99 Å². The van der Waals surface area contributed by atoms with Crippen molar-refractivity contribution in [2.45, 2.75) is 39.5 Å². The molecule has 2 aromatic rings. The number of aliphatic imine (C=N–C) groups is 1. The molecular weight excluding hydrogens is 347 g/mol. The quantitative estimate of drug-likeness (QED) is 0.828. The number of aromatic nitrogens is 2. The maximum atomic E-state index is 14.3. The summed E-state index contributed by atoms with van der Waals surface area (Å²) < 4.78 is 25.5. The van der Waals surface area contributed by atoms with Crippen molar-refractivity contribution < 1.29 is 13.9 Å². The number of hydrogen-bond donors (Lipinski definition) is 0. The first-order chi connectivity index (χ1) is 13.0. The predicted octanol–water partition coefficient (Wildman–Crippen LogP) is 2.98. The molecule has 0 N–H and O–H groups in total. The lowest BCUT2D eigenvalue weighted by atomic mass is 10.0. The van der Waals surface area contributed by atoms with Gasteiger partial charge in [0.15, 0.2) is 11.6 Å². The Morgan fingerprint density at radius 2 is 2.11 bits per heavy atom. The van der Waals surface area contributed by atoms with Gasteiger partial charge in [0.2, 0.25) is 0 Å². The van der Waals surface area contributed by atoms with Gasteiger partial charge >= 0.3 is 0 Å². The molecule has 1 aromatic heterocycles. The standard InChI is InChI=1S/C20H23FN4O2/c1-12(2)27-18-7-15-14(6-16(18)21)9-22-20(15)17-8-19(24-11-23-17)25-4-5-26-13(3)10-25/h6-8,11-13H,4-5,9-10H2,1-3H3/t13-/m1/s1. The first-order valence-electron chi connectivity index (χ1n) is 9.24. The molecule has 0 spiro atoms. The predicted molar refractivity (Wildman–Crippen MR) is 101 cm³/mol. The Balaban J connectivity index is 1.65. The number of hydrogen-bond acceptors (Lipinski definition) is 6. The molecule has 142 valence electrons. The van der Waals surface area contributed by atoms with Crippen LogP contribution in [0.1, 0.15) is 37.6 Å². The van der Waals surface area contributed by atoms with E-state index < -0.39 is 0 Å². The first-order valence-corrected chi connectivity index (χ1v) is 9.24. The molecule has 6 nitrogen and oxygen atoms in total. The minimum atomic E-state index is -0.357. The highest BCUT2D eigenvalue weighted by Gasteiger charge is 2.24. The molecule has 0 amide bonds. The third-order valence-electron chi connectivity index (χ3n) is 4.64. The Bertz CT molecular complexity index is 884. The molecule has 0 saturated carbocycles. The van der Waals surface area contributed by atoms with Gasteiger partial charge in [0.25, 0.3) is 0 Å². The number of halogens is 1. The number of morpholine rings is 1. The van der Waals surface area contributed by atoms with Crippen LogP contribution in [-0.4, -0.2) is 47.6 Å². The zero-order valence-electron chi connectivity index (χ0n) is 15.8. The Kier molecular flexibility index (Phi) is 4.78. The second-order valence-electron chi connectivity index (χ2n) is 7.16.